The Bertz CT molecular complexity index is 367. The molecule has 1 rings (SSSR count). The van der Waals surface area contributed by atoms with Gasteiger partial charge in [0.05, 0.1) is 7.11 Å². The van der Waals surface area contributed by atoms with Crippen molar-refractivity contribution in [2.75, 3.05) is 28.3 Å². The van der Waals surface area contributed by atoms with Gasteiger partial charge in [-0.15, -0.1) is 24.0 Å². The summed E-state index contributed by atoms with van der Waals surface area (Å²) in [7, 11) is 7.36. The average molecular weight is 349 g/mol. The Balaban J connectivity index is 0.00000256. The molecule has 0 aliphatic rings. The number of halogens is 1. The van der Waals surface area contributed by atoms with Crippen LogP contribution < -0.4 is 10.1 Å². The zero-order chi connectivity index (χ0) is 12.0. The largest absolute Gasteiger partial charge is 0.497 e. The first-order valence-electron chi connectivity index (χ1n) is 5.18. The number of aliphatic imine (C=N–C) groups is 1. The van der Waals surface area contributed by atoms with Crippen LogP contribution >= 0.6 is 24.0 Å². The Hall–Kier alpha value is -0.980. The Labute approximate surface area is 120 Å². The molecule has 0 radical (unpaired) electrons. The maximum Gasteiger partial charge on any atom is 0.193 e. The molecule has 0 saturated carbocycles. The van der Waals surface area contributed by atoms with Gasteiger partial charge in [0.25, 0.3) is 0 Å². The van der Waals surface area contributed by atoms with Crippen molar-refractivity contribution in [3.63, 3.8) is 0 Å². The van der Waals surface area contributed by atoms with Crippen molar-refractivity contribution in [1.82, 2.24) is 10.2 Å². The molecule has 1 aromatic carbocycles. The molecule has 0 saturated heterocycles. The van der Waals surface area contributed by atoms with E-state index in [9.17, 15) is 0 Å². The lowest BCUT2D eigenvalue weighted by atomic mass is 10.2. The molecule has 96 valence electrons. The van der Waals surface area contributed by atoms with Gasteiger partial charge < -0.3 is 15.0 Å². The van der Waals surface area contributed by atoms with Crippen molar-refractivity contribution in [2.24, 2.45) is 4.99 Å². The Kier molecular flexibility index (Phi) is 7.69. The van der Waals surface area contributed by atoms with E-state index in [2.05, 4.69) is 16.4 Å². The van der Waals surface area contributed by atoms with Crippen LogP contribution in [0, 0.1) is 0 Å². The van der Waals surface area contributed by atoms with Crippen LogP contribution in [0.3, 0.4) is 0 Å². The molecule has 0 unspecified atom stereocenters. The second-order valence-electron chi connectivity index (χ2n) is 3.65. The highest BCUT2D eigenvalue weighted by molar-refractivity contribution is 14.0. The quantitative estimate of drug-likeness (QED) is 0.515. The fraction of sp³-hybridized carbons (Fsp3) is 0.417. The molecule has 1 N–H and O–H groups in total. The molecule has 0 aliphatic carbocycles. The highest BCUT2D eigenvalue weighted by Crippen LogP contribution is 2.12. The van der Waals surface area contributed by atoms with Gasteiger partial charge in [-0.25, -0.2) is 0 Å². The summed E-state index contributed by atoms with van der Waals surface area (Å²) in [5, 5.41) is 3.26. The summed E-state index contributed by atoms with van der Waals surface area (Å²) in [6.45, 7) is 0.738. The molecular weight excluding hydrogens is 329 g/mol. The van der Waals surface area contributed by atoms with Crippen molar-refractivity contribution < 1.29 is 4.74 Å². The van der Waals surface area contributed by atoms with Gasteiger partial charge >= 0.3 is 0 Å². The highest BCUT2D eigenvalue weighted by Gasteiger charge is 2.00. The van der Waals surface area contributed by atoms with Crippen molar-refractivity contribution in [3.05, 3.63) is 29.8 Å². The van der Waals surface area contributed by atoms with Gasteiger partial charge in [0.15, 0.2) is 5.96 Å². The maximum atomic E-state index is 5.17. The van der Waals surface area contributed by atoms with Gasteiger partial charge in [0.2, 0.25) is 0 Å². The lowest BCUT2D eigenvalue weighted by Crippen LogP contribution is -2.35. The minimum absolute atomic E-state index is 0. The maximum absolute atomic E-state index is 5.17. The third-order valence-electron chi connectivity index (χ3n) is 2.22. The normalized spacial score (nSPS) is 10.5. The number of nitrogens with zero attached hydrogens (tertiary/aromatic N) is 2. The fourth-order valence-electron chi connectivity index (χ4n) is 1.40. The van der Waals surface area contributed by atoms with Crippen molar-refractivity contribution in [1.29, 1.82) is 0 Å². The van der Waals surface area contributed by atoms with E-state index in [1.54, 1.807) is 14.2 Å². The summed E-state index contributed by atoms with van der Waals surface area (Å²) < 4.78 is 5.17. The molecule has 0 aromatic heterocycles. The van der Waals surface area contributed by atoms with Crippen LogP contribution in [0.4, 0.5) is 0 Å². The zero-order valence-corrected chi connectivity index (χ0v) is 13.1. The number of nitrogens with one attached hydrogen (secondary N) is 1. The summed E-state index contributed by atoms with van der Waals surface area (Å²) in [6, 6.07) is 7.98. The topological polar surface area (TPSA) is 36.9 Å². The monoisotopic (exact) mass is 349 g/mol. The Morgan fingerprint density at radius 1 is 1.41 bits per heavy atom. The molecular formula is C12H20IN3O. The van der Waals surface area contributed by atoms with Crippen LogP contribution in [0.15, 0.2) is 29.3 Å². The third-order valence-corrected chi connectivity index (χ3v) is 2.22. The Morgan fingerprint density at radius 2 is 2.12 bits per heavy atom. The second kappa shape index (κ2) is 8.16. The first-order valence-corrected chi connectivity index (χ1v) is 5.18. The summed E-state index contributed by atoms with van der Waals surface area (Å²) >= 11 is 0. The minimum atomic E-state index is 0. The SMILES string of the molecule is CN=C(NCc1cccc(OC)c1)N(C)C.I. The van der Waals surface area contributed by atoms with E-state index in [1.807, 2.05) is 37.2 Å². The van der Waals surface area contributed by atoms with E-state index in [0.29, 0.717) is 0 Å². The predicted molar refractivity (Wildman–Crippen MR) is 82.3 cm³/mol. The second-order valence-corrected chi connectivity index (χ2v) is 3.65. The molecule has 0 fully saturated rings. The van der Waals surface area contributed by atoms with Crippen LogP contribution in [0.2, 0.25) is 0 Å². The van der Waals surface area contributed by atoms with Gasteiger partial charge in [0.1, 0.15) is 5.75 Å². The molecule has 0 aliphatic heterocycles. The van der Waals surface area contributed by atoms with E-state index in [-0.39, 0.29) is 24.0 Å². The lowest BCUT2D eigenvalue weighted by Gasteiger charge is -2.17. The molecule has 0 amide bonds. The van der Waals surface area contributed by atoms with E-state index in [1.165, 1.54) is 5.56 Å². The van der Waals surface area contributed by atoms with E-state index in [4.69, 9.17) is 4.74 Å². The molecule has 1 aromatic rings. The number of benzene rings is 1. The molecule has 0 atom stereocenters. The summed E-state index contributed by atoms with van der Waals surface area (Å²) in [5.41, 5.74) is 1.17. The molecule has 4 nitrogen and oxygen atoms in total. The number of hydrogen-bond acceptors (Lipinski definition) is 2. The van der Waals surface area contributed by atoms with Crippen LogP contribution in [0.5, 0.6) is 5.75 Å². The van der Waals surface area contributed by atoms with Crippen molar-refractivity contribution in [2.45, 2.75) is 6.54 Å². The standard InChI is InChI=1S/C12H19N3O.HI/c1-13-12(15(2)3)14-9-10-6-5-7-11(8-10)16-4;/h5-8H,9H2,1-4H3,(H,13,14);1H. The zero-order valence-electron chi connectivity index (χ0n) is 10.7. The third kappa shape index (κ3) is 5.25. The van der Waals surface area contributed by atoms with Crippen LogP contribution in [0.25, 0.3) is 0 Å². The number of methoxy groups -OCH3 is 1. The predicted octanol–water partition coefficient (Wildman–Crippen LogP) is 1.95. The summed E-state index contributed by atoms with van der Waals surface area (Å²) in [6.07, 6.45) is 0. The van der Waals surface area contributed by atoms with E-state index < -0.39 is 0 Å². The van der Waals surface area contributed by atoms with Crippen LogP contribution in [-0.2, 0) is 6.54 Å². The van der Waals surface area contributed by atoms with Crippen molar-refractivity contribution in [3.8, 4) is 5.75 Å². The van der Waals surface area contributed by atoms with E-state index >= 15 is 0 Å². The first-order chi connectivity index (χ1) is 7.67. The lowest BCUT2D eigenvalue weighted by molar-refractivity contribution is 0.414. The highest BCUT2D eigenvalue weighted by atomic mass is 127. The fourth-order valence-corrected chi connectivity index (χ4v) is 1.40. The van der Waals surface area contributed by atoms with Crippen LogP contribution in [0.1, 0.15) is 5.56 Å². The average Bonchev–Trinajstić information content (AvgIpc) is 2.29. The molecule has 0 bridgehead atoms. The number of guanidine groups is 1. The van der Waals surface area contributed by atoms with Crippen molar-refractivity contribution >= 4 is 29.9 Å². The van der Waals surface area contributed by atoms with Gasteiger partial charge in [-0.2, -0.15) is 0 Å². The minimum Gasteiger partial charge on any atom is -0.497 e. The van der Waals surface area contributed by atoms with Crippen LogP contribution in [-0.4, -0.2) is 39.1 Å². The number of hydrogen-bond donors (Lipinski definition) is 1. The number of rotatable bonds is 3. The van der Waals surface area contributed by atoms with E-state index in [0.717, 1.165) is 18.3 Å². The smallest absolute Gasteiger partial charge is 0.193 e. The summed E-state index contributed by atoms with van der Waals surface area (Å²) in [5.74, 6) is 1.74. The molecule has 5 heteroatoms. The molecule has 0 heterocycles. The van der Waals surface area contributed by atoms with Gasteiger partial charge in [-0.05, 0) is 17.7 Å². The Morgan fingerprint density at radius 3 is 2.65 bits per heavy atom. The molecule has 17 heavy (non-hydrogen) atoms. The van der Waals surface area contributed by atoms with Gasteiger partial charge in [-0.1, -0.05) is 12.1 Å². The molecule has 0 spiro atoms. The first kappa shape index (κ1) is 16.0. The van der Waals surface area contributed by atoms with Gasteiger partial charge in [-0.3, -0.25) is 4.99 Å². The van der Waals surface area contributed by atoms with Gasteiger partial charge in [0, 0.05) is 27.7 Å². The number of ether oxygens (including phenoxy) is 1. The summed E-state index contributed by atoms with van der Waals surface area (Å²) in [4.78, 5) is 6.09.